The monoisotopic (exact) mass is 237 g/mol. The van der Waals surface area contributed by atoms with Gasteiger partial charge in [0.2, 0.25) is 0 Å². The summed E-state index contributed by atoms with van der Waals surface area (Å²) in [5.41, 5.74) is 0.241. The molecule has 17 heavy (non-hydrogen) atoms. The van der Waals surface area contributed by atoms with Crippen LogP contribution >= 0.6 is 0 Å². The Labute approximate surface area is 99.3 Å². The summed E-state index contributed by atoms with van der Waals surface area (Å²) in [6.07, 6.45) is -0.428. The maximum absolute atomic E-state index is 10.3. The smallest absolute Gasteiger partial charge is 0.183 e. The molecule has 2 rings (SSSR count). The minimum atomic E-state index is -0.687. The summed E-state index contributed by atoms with van der Waals surface area (Å²) in [4.78, 5) is 10.3. The van der Waals surface area contributed by atoms with E-state index in [4.69, 9.17) is 9.47 Å². The maximum Gasteiger partial charge on any atom is 0.183 e. The first-order chi connectivity index (χ1) is 8.29. The van der Waals surface area contributed by atoms with E-state index in [1.54, 1.807) is 0 Å². The van der Waals surface area contributed by atoms with E-state index in [0.29, 0.717) is 0 Å². The van der Waals surface area contributed by atoms with Gasteiger partial charge in [-0.25, -0.2) is 0 Å². The van der Waals surface area contributed by atoms with E-state index >= 15 is 0 Å². The number of ether oxygens (including phenoxy) is 2. The standard InChI is InChI=1S/C12H15NO4/c14-7-12(6-13-15)8-16-11(17-9-12)10-4-2-1-3-5-10/h1-5,11,14H,6-9H2. The summed E-state index contributed by atoms with van der Waals surface area (Å²) in [7, 11) is 0. The normalized spacial score (nSPS) is 28.9. The SMILES string of the molecule is O=NCC1(CO)COC(c2ccccc2)OC1. The third-order valence-corrected chi connectivity index (χ3v) is 2.89. The molecule has 0 amide bonds. The Morgan fingerprint density at radius 3 is 2.47 bits per heavy atom. The van der Waals surface area contributed by atoms with Crippen molar-refractivity contribution >= 4 is 0 Å². The van der Waals surface area contributed by atoms with E-state index in [1.165, 1.54) is 0 Å². The molecule has 0 spiro atoms. The van der Waals surface area contributed by atoms with E-state index in [2.05, 4.69) is 5.18 Å². The van der Waals surface area contributed by atoms with Gasteiger partial charge in [-0.15, -0.1) is 0 Å². The van der Waals surface area contributed by atoms with Gasteiger partial charge in [-0.2, -0.15) is 4.91 Å². The van der Waals surface area contributed by atoms with E-state index < -0.39 is 11.7 Å². The number of nitroso groups, excluding NO2 is 1. The van der Waals surface area contributed by atoms with Crippen LogP contribution in [0.4, 0.5) is 0 Å². The molecule has 1 aliphatic rings. The topological polar surface area (TPSA) is 68.1 Å². The van der Waals surface area contributed by atoms with E-state index in [0.717, 1.165) is 5.56 Å². The molecule has 1 aromatic carbocycles. The summed E-state index contributed by atoms with van der Waals surface area (Å²) in [5, 5.41) is 12.1. The first kappa shape index (κ1) is 12.2. The van der Waals surface area contributed by atoms with Crippen LogP contribution in [0.25, 0.3) is 0 Å². The predicted molar refractivity (Wildman–Crippen MR) is 61.3 cm³/mol. The Kier molecular flexibility index (Phi) is 3.83. The third kappa shape index (κ3) is 2.69. The lowest BCUT2D eigenvalue weighted by atomic mass is 9.90. The minimum Gasteiger partial charge on any atom is -0.396 e. The first-order valence-electron chi connectivity index (χ1n) is 5.48. The minimum absolute atomic E-state index is 0.00497. The molecular weight excluding hydrogens is 222 g/mol. The Morgan fingerprint density at radius 2 is 1.94 bits per heavy atom. The zero-order valence-corrected chi connectivity index (χ0v) is 9.41. The molecule has 0 unspecified atom stereocenters. The molecular formula is C12H15NO4. The van der Waals surface area contributed by atoms with Crippen LogP contribution < -0.4 is 0 Å². The summed E-state index contributed by atoms with van der Waals surface area (Å²) in [6, 6.07) is 9.55. The van der Waals surface area contributed by atoms with Crippen LogP contribution in [0.2, 0.25) is 0 Å². The zero-order chi connectivity index (χ0) is 12.1. The van der Waals surface area contributed by atoms with Crippen molar-refractivity contribution in [2.24, 2.45) is 10.6 Å². The van der Waals surface area contributed by atoms with Crippen molar-refractivity contribution in [2.75, 3.05) is 26.4 Å². The molecule has 0 bridgehead atoms. The van der Waals surface area contributed by atoms with Crippen LogP contribution in [0.5, 0.6) is 0 Å². The van der Waals surface area contributed by atoms with Crippen LogP contribution in [-0.2, 0) is 9.47 Å². The molecule has 1 fully saturated rings. The highest BCUT2D eigenvalue weighted by molar-refractivity contribution is 5.16. The van der Waals surface area contributed by atoms with Crippen molar-refractivity contribution in [3.63, 3.8) is 0 Å². The molecule has 0 atom stereocenters. The van der Waals surface area contributed by atoms with Gasteiger partial charge in [0.05, 0.1) is 31.8 Å². The molecule has 1 aliphatic heterocycles. The molecule has 92 valence electrons. The second kappa shape index (κ2) is 5.35. The molecule has 0 saturated carbocycles. The predicted octanol–water partition coefficient (Wildman–Crippen LogP) is 1.48. The van der Waals surface area contributed by atoms with Gasteiger partial charge >= 0.3 is 0 Å². The number of benzene rings is 1. The van der Waals surface area contributed by atoms with Gasteiger partial charge in [0, 0.05) is 5.56 Å². The Morgan fingerprint density at radius 1 is 1.29 bits per heavy atom. The van der Waals surface area contributed by atoms with Gasteiger partial charge in [0.25, 0.3) is 0 Å². The molecule has 0 radical (unpaired) electrons. The van der Waals surface area contributed by atoms with Crippen LogP contribution in [0, 0.1) is 10.3 Å². The van der Waals surface area contributed by atoms with Crippen LogP contribution in [-0.4, -0.2) is 31.5 Å². The highest BCUT2D eigenvalue weighted by Crippen LogP contribution is 2.31. The maximum atomic E-state index is 10.3. The second-order valence-electron chi connectivity index (χ2n) is 4.31. The summed E-state index contributed by atoms with van der Waals surface area (Å²) >= 11 is 0. The Hall–Kier alpha value is -1.30. The Bertz CT molecular complexity index is 360. The fourth-order valence-electron chi connectivity index (χ4n) is 1.77. The molecule has 0 aliphatic carbocycles. The summed E-state index contributed by atoms with van der Waals surface area (Å²) in [6.45, 7) is 0.384. The summed E-state index contributed by atoms with van der Waals surface area (Å²) in [5.74, 6) is 0. The number of aliphatic hydroxyl groups excluding tert-OH is 1. The van der Waals surface area contributed by atoms with Crippen molar-refractivity contribution in [3.8, 4) is 0 Å². The highest BCUT2D eigenvalue weighted by Gasteiger charge is 2.37. The van der Waals surface area contributed by atoms with Crippen LogP contribution in [0.3, 0.4) is 0 Å². The van der Waals surface area contributed by atoms with Crippen molar-refractivity contribution in [1.29, 1.82) is 0 Å². The number of aliphatic hydroxyl groups is 1. The molecule has 1 aromatic rings. The first-order valence-corrected chi connectivity index (χ1v) is 5.48. The van der Waals surface area contributed by atoms with Gasteiger partial charge in [-0.05, 0) is 0 Å². The third-order valence-electron chi connectivity index (χ3n) is 2.89. The average molecular weight is 237 g/mol. The molecule has 5 nitrogen and oxygen atoms in total. The van der Waals surface area contributed by atoms with Crippen molar-refractivity contribution in [2.45, 2.75) is 6.29 Å². The van der Waals surface area contributed by atoms with Crippen molar-refractivity contribution in [1.82, 2.24) is 0 Å². The second-order valence-corrected chi connectivity index (χ2v) is 4.31. The number of hydrogen-bond donors (Lipinski definition) is 1. The van der Waals surface area contributed by atoms with Gasteiger partial charge in [0.1, 0.15) is 0 Å². The van der Waals surface area contributed by atoms with Crippen molar-refractivity contribution in [3.05, 3.63) is 40.8 Å². The van der Waals surface area contributed by atoms with Gasteiger partial charge < -0.3 is 14.6 Å². The van der Waals surface area contributed by atoms with Gasteiger partial charge in [-0.1, -0.05) is 35.5 Å². The van der Waals surface area contributed by atoms with E-state index in [-0.39, 0.29) is 26.4 Å². The quantitative estimate of drug-likeness (QED) is 0.805. The highest BCUT2D eigenvalue weighted by atomic mass is 16.7. The fourth-order valence-corrected chi connectivity index (χ4v) is 1.77. The van der Waals surface area contributed by atoms with Gasteiger partial charge in [-0.3, -0.25) is 0 Å². The fraction of sp³-hybridized carbons (Fsp3) is 0.500. The largest absolute Gasteiger partial charge is 0.396 e. The molecule has 0 aromatic heterocycles. The Balaban J connectivity index is 2.00. The molecule has 1 N–H and O–H groups in total. The number of rotatable bonds is 4. The zero-order valence-electron chi connectivity index (χ0n) is 9.41. The van der Waals surface area contributed by atoms with Crippen LogP contribution in [0.1, 0.15) is 11.9 Å². The van der Waals surface area contributed by atoms with E-state index in [9.17, 15) is 10.0 Å². The van der Waals surface area contributed by atoms with Crippen molar-refractivity contribution < 1.29 is 14.6 Å². The lowest BCUT2D eigenvalue weighted by Crippen LogP contribution is -2.43. The van der Waals surface area contributed by atoms with Crippen LogP contribution in [0.15, 0.2) is 35.5 Å². The molecule has 1 saturated heterocycles. The lowest BCUT2D eigenvalue weighted by molar-refractivity contribution is -0.238. The lowest BCUT2D eigenvalue weighted by Gasteiger charge is -2.37. The number of hydrogen-bond acceptors (Lipinski definition) is 5. The van der Waals surface area contributed by atoms with Gasteiger partial charge in [0.15, 0.2) is 6.29 Å². The average Bonchev–Trinajstić information content (AvgIpc) is 2.41. The number of nitrogens with zero attached hydrogens (tertiary/aromatic N) is 1. The molecule has 5 heteroatoms. The summed E-state index contributed by atoms with van der Waals surface area (Å²) < 4.78 is 11.1. The molecule has 1 heterocycles. The van der Waals surface area contributed by atoms with E-state index in [1.807, 2.05) is 30.3 Å².